The van der Waals surface area contributed by atoms with Gasteiger partial charge in [0.15, 0.2) is 12.0 Å². The number of rotatable bonds is 4. The number of hydrogen-bond donors (Lipinski definition) is 1. The summed E-state index contributed by atoms with van der Waals surface area (Å²) in [5, 5.41) is 0. The maximum Gasteiger partial charge on any atom is 0.186 e. The second kappa shape index (κ2) is 4.84. The molecule has 0 aliphatic heterocycles. The van der Waals surface area contributed by atoms with Gasteiger partial charge < -0.3 is 10.5 Å². The van der Waals surface area contributed by atoms with Crippen molar-refractivity contribution in [2.24, 2.45) is 11.7 Å². The van der Waals surface area contributed by atoms with Crippen molar-refractivity contribution in [2.75, 3.05) is 0 Å². The quantitative estimate of drug-likeness (QED) is 0.322. The highest BCUT2D eigenvalue weighted by molar-refractivity contribution is 5.72. The first kappa shape index (κ1) is 10.8. The van der Waals surface area contributed by atoms with Crippen molar-refractivity contribution in [3.63, 3.8) is 0 Å². The Morgan fingerprint density at radius 2 is 2.29 bits per heavy atom. The molecule has 1 fully saturated rings. The predicted octanol–water partition coefficient (Wildman–Crippen LogP) is 1.75. The SMILES string of the molecule is C=C/C(N)=C(\C=O)OC1CCC(C)C1. The van der Waals surface area contributed by atoms with Gasteiger partial charge in [0.2, 0.25) is 0 Å². The van der Waals surface area contributed by atoms with Crippen LogP contribution >= 0.6 is 0 Å². The number of allylic oxidation sites excluding steroid dienone is 2. The molecule has 0 aromatic rings. The maximum atomic E-state index is 10.7. The molecule has 1 rings (SSSR count). The first-order valence-electron chi connectivity index (χ1n) is 4.91. The van der Waals surface area contributed by atoms with E-state index in [4.69, 9.17) is 10.5 Å². The van der Waals surface area contributed by atoms with Gasteiger partial charge in [0.1, 0.15) is 0 Å². The third-order valence-corrected chi connectivity index (χ3v) is 2.55. The molecule has 0 aromatic heterocycles. The molecule has 78 valence electrons. The normalized spacial score (nSPS) is 28.1. The summed E-state index contributed by atoms with van der Waals surface area (Å²) in [6.45, 7) is 5.68. The molecule has 2 atom stereocenters. The molecule has 3 nitrogen and oxygen atoms in total. The van der Waals surface area contributed by atoms with Crippen molar-refractivity contribution in [1.29, 1.82) is 0 Å². The Balaban J connectivity index is 2.57. The fourth-order valence-electron chi connectivity index (χ4n) is 1.71. The van der Waals surface area contributed by atoms with E-state index in [1.165, 1.54) is 6.08 Å². The zero-order chi connectivity index (χ0) is 10.6. The van der Waals surface area contributed by atoms with Gasteiger partial charge >= 0.3 is 0 Å². The molecule has 1 aliphatic rings. The standard InChI is InChI=1S/C11H17NO2/c1-3-10(12)11(7-13)14-9-5-4-8(2)6-9/h3,7-9H,1,4-6,12H2,2H3/b11-10-. The van der Waals surface area contributed by atoms with Gasteiger partial charge in [-0.05, 0) is 31.3 Å². The molecule has 0 heterocycles. The van der Waals surface area contributed by atoms with Crippen LogP contribution in [0.5, 0.6) is 0 Å². The lowest BCUT2D eigenvalue weighted by atomic mass is 10.1. The fourth-order valence-corrected chi connectivity index (χ4v) is 1.71. The third-order valence-electron chi connectivity index (χ3n) is 2.55. The van der Waals surface area contributed by atoms with E-state index in [2.05, 4.69) is 13.5 Å². The highest BCUT2D eigenvalue weighted by Crippen LogP contribution is 2.28. The van der Waals surface area contributed by atoms with Crippen LogP contribution in [0.3, 0.4) is 0 Å². The molecule has 0 amide bonds. The number of aldehydes is 1. The molecule has 0 aromatic carbocycles. The molecule has 14 heavy (non-hydrogen) atoms. The van der Waals surface area contributed by atoms with Gasteiger partial charge in [0.25, 0.3) is 0 Å². The molecule has 0 spiro atoms. The second-order valence-corrected chi connectivity index (χ2v) is 3.80. The topological polar surface area (TPSA) is 52.3 Å². The van der Waals surface area contributed by atoms with Gasteiger partial charge in [-0.25, -0.2) is 0 Å². The molecule has 1 saturated carbocycles. The Kier molecular flexibility index (Phi) is 3.74. The van der Waals surface area contributed by atoms with E-state index in [-0.39, 0.29) is 11.9 Å². The largest absolute Gasteiger partial charge is 0.485 e. The van der Waals surface area contributed by atoms with Crippen molar-refractivity contribution < 1.29 is 9.53 Å². The van der Waals surface area contributed by atoms with E-state index in [1.54, 1.807) is 0 Å². The van der Waals surface area contributed by atoms with E-state index in [9.17, 15) is 4.79 Å². The van der Waals surface area contributed by atoms with Gasteiger partial charge in [0.05, 0.1) is 11.8 Å². The fraction of sp³-hybridized carbons (Fsp3) is 0.545. The van der Waals surface area contributed by atoms with Gasteiger partial charge in [-0.3, -0.25) is 4.79 Å². The molecule has 0 saturated heterocycles. The van der Waals surface area contributed by atoms with Crippen LogP contribution in [0.4, 0.5) is 0 Å². The second-order valence-electron chi connectivity index (χ2n) is 3.80. The molecule has 0 radical (unpaired) electrons. The molecular formula is C11H17NO2. The van der Waals surface area contributed by atoms with Crippen molar-refractivity contribution in [3.8, 4) is 0 Å². The number of ether oxygens (including phenoxy) is 1. The zero-order valence-corrected chi connectivity index (χ0v) is 8.53. The molecule has 1 aliphatic carbocycles. The third kappa shape index (κ3) is 2.62. The Morgan fingerprint density at radius 1 is 1.57 bits per heavy atom. The number of hydrogen-bond acceptors (Lipinski definition) is 3. The Bertz CT molecular complexity index is 258. The molecular weight excluding hydrogens is 178 g/mol. The molecule has 3 heteroatoms. The van der Waals surface area contributed by atoms with Gasteiger partial charge in [-0.2, -0.15) is 0 Å². The van der Waals surface area contributed by atoms with Crippen LogP contribution in [0.25, 0.3) is 0 Å². The van der Waals surface area contributed by atoms with E-state index in [0.717, 1.165) is 19.3 Å². The van der Waals surface area contributed by atoms with Crippen LogP contribution in [-0.2, 0) is 9.53 Å². The summed E-state index contributed by atoms with van der Waals surface area (Å²) in [4.78, 5) is 10.7. The summed E-state index contributed by atoms with van der Waals surface area (Å²) in [5.41, 5.74) is 5.86. The average Bonchev–Trinajstić information content (AvgIpc) is 2.59. The predicted molar refractivity (Wildman–Crippen MR) is 55.4 cm³/mol. The summed E-state index contributed by atoms with van der Waals surface area (Å²) in [6.07, 6.45) is 5.39. The average molecular weight is 195 g/mol. The lowest BCUT2D eigenvalue weighted by molar-refractivity contribution is -0.108. The number of nitrogens with two attached hydrogens (primary N) is 1. The number of carbonyl (C=O) groups is 1. The Labute approximate surface area is 84.6 Å². The summed E-state index contributed by atoms with van der Waals surface area (Å²) < 4.78 is 5.50. The minimum atomic E-state index is 0.142. The minimum absolute atomic E-state index is 0.142. The first-order valence-corrected chi connectivity index (χ1v) is 4.91. The van der Waals surface area contributed by atoms with E-state index in [1.807, 2.05) is 0 Å². The monoisotopic (exact) mass is 195 g/mol. The smallest absolute Gasteiger partial charge is 0.186 e. The summed E-state index contributed by atoms with van der Waals surface area (Å²) in [5.74, 6) is 0.900. The van der Waals surface area contributed by atoms with Gasteiger partial charge in [-0.1, -0.05) is 13.5 Å². The lowest BCUT2D eigenvalue weighted by Gasteiger charge is -2.13. The number of carbonyl (C=O) groups excluding carboxylic acids is 1. The van der Waals surface area contributed by atoms with Crippen LogP contribution in [0.2, 0.25) is 0 Å². The minimum Gasteiger partial charge on any atom is -0.485 e. The van der Waals surface area contributed by atoms with E-state index in [0.29, 0.717) is 17.9 Å². The Hall–Kier alpha value is -1.25. The van der Waals surface area contributed by atoms with Crippen molar-refractivity contribution in [2.45, 2.75) is 32.3 Å². The van der Waals surface area contributed by atoms with Crippen molar-refractivity contribution >= 4 is 6.29 Å². The maximum absolute atomic E-state index is 10.7. The summed E-state index contributed by atoms with van der Waals surface area (Å²) >= 11 is 0. The van der Waals surface area contributed by atoms with E-state index < -0.39 is 0 Å². The van der Waals surface area contributed by atoms with Crippen molar-refractivity contribution in [3.05, 3.63) is 24.1 Å². The van der Waals surface area contributed by atoms with Crippen LogP contribution < -0.4 is 5.73 Å². The Morgan fingerprint density at radius 3 is 2.71 bits per heavy atom. The van der Waals surface area contributed by atoms with Gasteiger partial charge in [-0.15, -0.1) is 0 Å². The highest BCUT2D eigenvalue weighted by atomic mass is 16.5. The lowest BCUT2D eigenvalue weighted by Crippen LogP contribution is -2.12. The summed E-state index contributed by atoms with van der Waals surface area (Å²) in [6, 6.07) is 0. The van der Waals surface area contributed by atoms with E-state index >= 15 is 0 Å². The van der Waals surface area contributed by atoms with Crippen LogP contribution in [0.15, 0.2) is 24.1 Å². The molecule has 2 N–H and O–H groups in total. The molecule has 0 bridgehead atoms. The van der Waals surface area contributed by atoms with Gasteiger partial charge in [0, 0.05) is 0 Å². The summed E-state index contributed by atoms with van der Waals surface area (Å²) in [7, 11) is 0. The highest BCUT2D eigenvalue weighted by Gasteiger charge is 2.23. The molecule has 2 unspecified atom stereocenters. The zero-order valence-electron chi connectivity index (χ0n) is 8.53. The first-order chi connectivity index (χ1) is 6.67. The van der Waals surface area contributed by atoms with Crippen LogP contribution in [0.1, 0.15) is 26.2 Å². The van der Waals surface area contributed by atoms with Crippen LogP contribution in [-0.4, -0.2) is 12.4 Å². The van der Waals surface area contributed by atoms with Crippen LogP contribution in [0, 0.1) is 5.92 Å². The van der Waals surface area contributed by atoms with Crippen molar-refractivity contribution in [1.82, 2.24) is 0 Å².